The van der Waals surface area contributed by atoms with E-state index in [0.29, 0.717) is 18.0 Å². The molecule has 1 aliphatic rings. The minimum absolute atomic E-state index is 0.0551. The Bertz CT molecular complexity index is 826. The largest absolute Gasteiger partial charge is 0.477 e. The van der Waals surface area contributed by atoms with Crippen LogP contribution in [0.4, 0.5) is 10.6 Å². The number of aromatic carboxylic acids is 1. The zero-order valence-electron chi connectivity index (χ0n) is 15.1. The van der Waals surface area contributed by atoms with E-state index in [2.05, 4.69) is 15.4 Å². The van der Waals surface area contributed by atoms with E-state index >= 15 is 0 Å². The molecule has 1 atom stereocenters. The van der Waals surface area contributed by atoms with Gasteiger partial charge in [0.05, 0.1) is 6.20 Å². The average Bonchev–Trinajstić information content (AvgIpc) is 2.96. The Morgan fingerprint density at radius 1 is 1.38 bits per heavy atom. The molecular weight excluding hydrogens is 338 g/mol. The number of nitrogens with one attached hydrogen (secondary N) is 1. The number of fused-ring (bicyclic) bond motifs is 1. The van der Waals surface area contributed by atoms with Gasteiger partial charge in [0, 0.05) is 25.3 Å². The highest BCUT2D eigenvalue weighted by Gasteiger charge is 2.25. The van der Waals surface area contributed by atoms with Crippen LogP contribution < -0.4 is 10.2 Å². The molecule has 26 heavy (non-hydrogen) atoms. The third-order valence-electron chi connectivity index (χ3n) is 4.05. The third-order valence-corrected chi connectivity index (χ3v) is 4.05. The molecule has 1 amide bonds. The summed E-state index contributed by atoms with van der Waals surface area (Å²) in [4.78, 5) is 29.8. The average molecular weight is 361 g/mol. The third kappa shape index (κ3) is 4.04. The van der Waals surface area contributed by atoms with E-state index in [-0.39, 0.29) is 11.6 Å². The van der Waals surface area contributed by atoms with Crippen LogP contribution in [-0.2, 0) is 4.74 Å². The van der Waals surface area contributed by atoms with Crippen molar-refractivity contribution < 1.29 is 19.4 Å². The van der Waals surface area contributed by atoms with E-state index in [0.717, 1.165) is 19.4 Å². The zero-order chi connectivity index (χ0) is 18.9. The van der Waals surface area contributed by atoms with E-state index in [1.54, 1.807) is 12.3 Å². The molecule has 0 unspecified atom stereocenters. The molecule has 0 aliphatic carbocycles. The topological polar surface area (TPSA) is 109 Å². The maximum atomic E-state index is 12.0. The highest BCUT2D eigenvalue weighted by atomic mass is 16.6. The molecule has 1 fully saturated rings. The summed E-state index contributed by atoms with van der Waals surface area (Å²) in [5.74, 6) is -0.399. The van der Waals surface area contributed by atoms with E-state index in [4.69, 9.17) is 4.74 Å². The molecule has 0 bridgehead atoms. The van der Waals surface area contributed by atoms with Gasteiger partial charge in [-0.15, -0.1) is 0 Å². The van der Waals surface area contributed by atoms with Gasteiger partial charge >= 0.3 is 12.1 Å². The molecule has 140 valence electrons. The highest BCUT2D eigenvalue weighted by Crippen LogP contribution is 2.20. The van der Waals surface area contributed by atoms with Crippen LogP contribution in [0.5, 0.6) is 0 Å². The molecule has 3 rings (SSSR count). The summed E-state index contributed by atoms with van der Waals surface area (Å²) in [6.45, 7) is 6.84. The van der Waals surface area contributed by atoms with Crippen LogP contribution in [0.25, 0.3) is 5.65 Å². The molecule has 9 heteroatoms. The molecule has 0 saturated carbocycles. The summed E-state index contributed by atoms with van der Waals surface area (Å²) < 4.78 is 6.75. The van der Waals surface area contributed by atoms with Crippen molar-refractivity contribution >= 4 is 23.5 Å². The molecule has 9 nitrogen and oxygen atoms in total. The lowest BCUT2D eigenvalue weighted by atomic mass is 10.1. The molecule has 0 spiro atoms. The van der Waals surface area contributed by atoms with E-state index in [1.165, 1.54) is 10.7 Å². The monoisotopic (exact) mass is 361 g/mol. The summed E-state index contributed by atoms with van der Waals surface area (Å²) in [5, 5.41) is 16.1. The lowest BCUT2D eigenvalue weighted by Gasteiger charge is -2.34. The van der Waals surface area contributed by atoms with Crippen molar-refractivity contribution in [3.05, 3.63) is 24.0 Å². The molecule has 1 saturated heterocycles. The van der Waals surface area contributed by atoms with Crippen LogP contribution in [0.2, 0.25) is 0 Å². The number of hydrogen-bond acceptors (Lipinski definition) is 6. The number of carbonyl (C=O) groups is 2. The number of nitrogens with zero attached hydrogens (tertiary/aromatic N) is 4. The van der Waals surface area contributed by atoms with Crippen molar-refractivity contribution in [3.8, 4) is 0 Å². The molecule has 2 N–H and O–H groups in total. The number of rotatable bonds is 3. The Balaban J connectivity index is 1.73. The number of anilines is 1. The quantitative estimate of drug-likeness (QED) is 0.859. The number of carboxylic acids is 1. The Morgan fingerprint density at radius 2 is 2.15 bits per heavy atom. The number of ether oxygens (including phenoxy) is 1. The molecule has 1 aliphatic heterocycles. The number of piperidine rings is 1. The van der Waals surface area contributed by atoms with Crippen molar-refractivity contribution in [1.82, 2.24) is 19.9 Å². The van der Waals surface area contributed by atoms with E-state index in [9.17, 15) is 14.7 Å². The SMILES string of the molecule is CC(C)(C)OC(=O)N[C@H]1CCCN(c2ccn3ncc(C(=O)O)c3n2)C1. The lowest BCUT2D eigenvalue weighted by Crippen LogP contribution is -2.49. The van der Waals surface area contributed by atoms with Crippen molar-refractivity contribution in [1.29, 1.82) is 0 Å². The fraction of sp³-hybridized carbons (Fsp3) is 0.529. The Labute approximate surface area is 151 Å². The first-order chi connectivity index (χ1) is 12.2. The Hall–Kier alpha value is -2.84. The smallest absolute Gasteiger partial charge is 0.407 e. The van der Waals surface area contributed by atoms with Crippen molar-refractivity contribution in [2.75, 3.05) is 18.0 Å². The number of amides is 1. The Morgan fingerprint density at radius 3 is 2.85 bits per heavy atom. The number of alkyl carbamates (subject to hydrolysis) is 1. The van der Waals surface area contributed by atoms with Gasteiger partial charge < -0.3 is 20.1 Å². The first-order valence-electron chi connectivity index (χ1n) is 8.55. The number of carboxylic acid groups (broad SMARTS) is 1. The molecule has 0 aromatic carbocycles. The van der Waals surface area contributed by atoms with E-state index in [1.807, 2.05) is 25.7 Å². The van der Waals surface area contributed by atoms with Crippen LogP contribution in [0, 0.1) is 0 Å². The van der Waals surface area contributed by atoms with E-state index < -0.39 is 17.7 Å². The molecule has 2 aromatic heterocycles. The maximum absolute atomic E-state index is 12.0. The molecule has 0 radical (unpaired) electrons. The predicted octanol–water partition coefficient (Wildman–Crippen LogP) is 1.92. The van der Waals surface area contributed by atoms with Gasteiger partial charge in [-0.2, -0.15) is 5.10 Å². The highest BCUT2D eigenvalue weighted by molar-refractivity contribution is 5.94. The van der Waals surface area contributed by atoms with Crippen LogP contribution in [-0.4, -0.2) is 56.5 Å². The van der Waals surface area contributed by atoms with Crippen molar-refractivity contribution in [2.24, 2.45) is 0 Å². The number of carbonyl (C=O) groups excluding carboxylic acids is 1. The second-order valence-electron chi connectivity index (χ2n) is 7.35. The summed E-state index contributed by atoms with van der Waals surface area (Å²) in [7, 11) is 0. The minimum Gasteiger partial charge on any atom is -0.477 e. The molecule has 2 aromatic rings. The van der Waals surface area contributed by atoms with Gasteiger partial charge in [0.25, 0.3) is 0 Å². The van der Waals surface area contributed by atoms with Crippen LogP contribution in [0.1, 0.15) is 44.0 Å². The van der Waals surface area contributed by atoms with Gasteiger partial charge in [-0.1, -0.05) is 0 Å². The second-order valence-corrected chi connectivity index (χ2v) is 7.35. The lowest BCUT2D eigenvalue weighted by molar-refractivity contribution is 0.0499. The first kappa shape index (κ1) is 18.0. The Kier molecular flexibility index (Phi) is 4.71. The van der Waals surface area contributed by atoms with Crippen LogP contribution in [0.15, 0.2) is 18.5 Å². The summed E-state index contributed by atoms with van der Waals surface area (Å²) in [6, 6.07) is 1.74. The van der Waals surface area contributed by atoms with Crippen molar-refractivity contribution in [3.63, 3.8) is 0 Å². The normalized spacial score (nSPS) is 18.0. The first-order valence-corrected chi connectivity index (χ1v) is 8.55. The molecular formula is C17H23N5O4. The second kappa shape index (κ2) is 6.81. The summed E-state index contributed by atoms with van der Waals surface area (Å²) in [5.41, 5.74) is -0.176. The minimum atomic E-state index is -1.06. The van der Waals surface area contributed by atoms with Gasteiger partial charge in [0.1, 0.15) is 17.0 Å². The van der Waals surface area contributed by atoms with Crippen LogP contribution >= 0.6 is 0 Å². The van der Waals surface area contributed by atoms with Gasteiger partial charge in [-0.05, 0) is 39.7 Å². The van der Waals surface area contributed by atoms with Gasteiger partial charge in [-0.3, -0.25) is 0 Å². The number of aromatic nitrogens is 3. The van der Waals surface area contributed by atoms with Crippen LogP contribution in [0.3, 0.4) is 0 Å². The maximum Gasteiger partial charge on any atom is 0.407 e. The standard InChI is InChI=1S/C17H23N5O4/c1-17(2,3)26-16(25)19-11-5-4-7-21(10-11)13-6-8-22-14(20-13)12(9-18-22)15(23)24/h6,8-9,11H,4-5,7,10H2,1-3H3,(H,19,25)(H,23,24)/t11-/m0/s1. The predicted molar refractivity (Wildman–Crippen MR) is 94.6 cm³/mol. The fourth-order valence-corrected chi connectivity index (χ4v) is 2.96. The zero-order valence-corrected chi connectivity index (χ0v) is 15.1. The van der Waals surface area contributed by atoms with Gasteiger partial charge in [0.2, 0.25) is 0 Å². The summed E-state index contributed by atoms with van der Waals surface area (Å²) in [6.07, 6.45) is 4.28. The van der Waals surface area contributed by atoms with Gasteiger partial charge in [0.15, 0.2) is 5.65 Å². The molecule has 3 heterocycles. The van der Waals surface area contributed by atoms with Crippen molar-refractivity contribution in [2.45, 2.75) is 45.3 Å². The van der Waals surface area contributed by atoms with Gasteiger partial charge in [-0.25, -0.2) is 19.1 Å². The number of hydrogen-bond donors (Lipinski definition) is 2. The summed E-state index contributed by atoms with van der Waals surface area (Å²) >= 11 is 0. The fourth-order valence-electron chi connectivity index (χ4n) is 2.96.